The summed E-state index contributed by atoms with van der Waals surface area (Å²) in [5.74, 6) is 2.14. The van der Waals surface area contributed by atoms with Crippen LogP contribution in [-0.4, -0.2) is 53.4 Å². The lowest BCUT2D eigenvalue weighted by Crippen LogP contribution is -2.64. The maximum atomic E-state index is 10.6. The minimum atomic E-state index is -0.539. The van der Waals surface area contributed by atoms with Crippen molar-refractivity contribution in [1.29, 1.82) is 0 Å². The molecule has 1 aromatic carbocycles. The second kappa shape index (κ2) is 6.43. The third kappa shape index (κ3) is 2.24. The topological polar surface area (TPSA) is 41.9 Å². The van der Waals surface area contributed by atoms with Crippen molar-refractivity contribution >= 4 is 22.6 Å². The molecule has 2 aliphatic carbocycles. The standard InChI is InChI=1S/C19H23NO3.CH3I/c1-3-22-15-7-4-11-10-13-12-5-6-14(21)18-19(12,8-9-20(13)2)16(11)17(15)23-18;1-2/h4-7,12-14,18,21H,3,8-10H2,1-2H3;1H3/t12-,13+,14-,18-,19-;/m0./s1. The summed E-state index contributed by atoms with van der Waals surface area (Å²) in [6, 6.07) is 4.75. The van der Waals surface area contributed by atoms with Gasteiger partial charge in [-0.05, 0) is 49.9 Å². The SMILES string of the molecule is CCOc1ccc2c3c1O[C@H]1[C@@H](O)C=C[C@H]4[C@@H](C2)N(C)CC[C@@]341.CI. The second-order valence-corrected chi connectivity index (χ2v) is 7.34. The Bertz CT molecular complexity index is 706. The van der Waals surface area contributed by atoms with Crippen LogP contribution in [0.3, 0.4) is 0 Å². The summed E-state index contributed by atoms with van der Waals surface area (Å²) in [5.41, 5.74) is 2.62. The number of ether oxygens (including phenoxy) is 2. The van der Waals surface area contributed by atoms with Gasteiger partial charge >= 0.3 is 0 Å². The highest BCUT2D eigenvalue weighted by molar-refractivity contribution is 14.1. The van der Waals surface area contributed by atoms with Crippen LogP contribution in [0.5, 0.6) is 11.5 Å². The molecule has 0 radical (unpaired) electrons. The number of nitrogens with zero attached hydrogens (tertiary/aromatic N) is 1. The van der Waals surface area contributed by atoms with Crippen LogP contribution in [0.4, 0.5) is 0 Å². The second-order valence-electron chi connectivity index (χ2n) is 7.34. The number of piperidine rings is 1. The molecule has 1 aromatic rings. The molecular weight excluding hydrogens is 429 g/mol. The van der Waals surface area contributed by atoms with Crippen molar-refractivity contribution in [3.63, 3.8) is 0 Å². The Morgan fingerprint density at radius 1 is 1.36 bits per heavy atom. The molecule has 0 unspecified atom stereocenters. The number of hydrogen-bond acceptors (Lipinski definition) is 4. The van der Waals surface area contributed by atoms with E-state index in [-0.39, 0.29) is 11.5 Å². The number of aliphatic hydroxyl groups excluding tert-OH is 1. The average Bonchev–Trinajstić information content (AvgIpc) is 2.99. The highest BCUT2D eigenvalue weighted by Gasteiger charge is 2.64. The number of alkyl halides is 1. The van der Waals surface area contributed by atoms with Crippen LogP contribution < -0.4 is 9.47 Å². The van der Waals surface area contributed by atoms with Crippen LogP contribution in [0, 0.1) is 5.92 Å². The Morgan fingerprint density at radius 3 is 2.92 bits per heavy atom. The molecule has 25 heavy (non-hydrogen) atoms. The van der Waals surface area contributed by atoms with Gasteiger partial charge in [0.1, 0.15) is 12.2 Å². The lowest BCUT2D eigenvalue weighted by atomic mass is 9.53. The van der Waals surface area contributed by atoms with E-state index >= 15 is 0 Å². The summed E-state index contributed by atoms with van der Waals surface area (Å²) in [6.45, 7) is 3.68. The Labute approximate surface area is 163 Å². The molecule has 5 heteroatoms. The van der Waals surface area contributed by atoms with Crippen molar-refractivity contribution in [3.05, 3.63) is 35.4 Å². The van der Waals surface area contributed by atoms with Crippen LogP contribution in [0.2, 0.25) is 0 Å². The van der Waals surface area contributed by atoms with E-state index in [0.29, 0.717) is 18.6 Å². The number of likely N-dealkylation sites (tertiary alicyclic amines) is 1. The normalized spacial score (nSPS) is 36.8. The van der Waals surface area contributed by atoms with E-state index in [2.05, 4.69) is 46.7 Å². The molecule has 4 aliphatic rings. The first-order valence-electron chi connectivity index (χ1n) is 9.07. The highest BCUT2D eigenvalue weighted by atomic mass is 127. The highest BCUT2D eigenvalue weighted by Crippen LogP contribution is 2.62. The van der Waals surface area contributed by atoms with Crippen molar-refractivity contribution < 1.29 is 14.6 Å². The molecular formula is C20H26INO3. The molecule has 5 atom stereocenters. The molecule has 136 valence electrons. The summed E-state index contributed by atoms with van der Waals surface area (Å²) in [5, 5.41) is 10.6. The Hall–Kier alpha value is -0.790. The van der Waals surface area contributed by atoms with E-state index in [0.717, 1.165) is 30.9 Å². The van der Waals surface area contributed by atoms with E-state index in [9.17, 15) is 5.11 Å². The molecule has 2 aliphatic heterocycles. The third-order valence-corrected chi connectivity index (χ3v) is 6.43. The monoisotopic (exact) mass is 455 g/mol. The molecule has 1 saturated heterocycles. The summed E-state index contributed by atoms with van der Waals surface area (Å²) in [7, 11) is 2.22. The summed E-state index contributed by atoms with van der Waals surface area (Å²) < 4.78 is 12.2. The van der Waals surface area contributed by atoms with E-state index in [4.69, 9.17) is 9.47 Å². The summed E-state index contributed by atoms with van der Waals surface area (Å²) in [6.07, 6.45) is 5.56. The van der Waals surface area contributed by atoms with Crippen LogP contribution >= 0.6 is 22.6 Å². The van der Waals surface area contributed by atoms with Gasteiger partial charge in [-0.3, -0.25) is 0 Å². The molecule has 0 saturated carbocycles. The number of rotatable bonds is 2. The minimum absolute atomic E-state index is 0.0820. The van der Waals surface area contributed by atoms with Gasteiger partial charge in [-0.1, -0.05) is 40.8 Å². The maximum Gasteiger partial charge on any atom is 0.165 e. The first kappa shape index (κ1) is 17.6. The fourth-order valence-corrected chi connectivity index (χ4v) is 5.50. The van der Waals surface area contributed by atoms with E-state index in [1.807, 2.05) is 24.0 Å². The number of likely N-dealkylation sites (N-methyl/N-ethyl adjacent to an activating group) is 1. The number of hydrogen-bond donors (Lipinski definition) is 1. The van der Waals surface area contributed by atoms with Crippen LogP contribution in [0.15, 0.2) is 24.3 Å². The zero-order valence-corrected chi connectivity index (χ0v) is 17.2. The van der Waals surface area contributed by atoms with Crippen molar-refractivity contribution in [2.24, 2.45) is 5.92 Å². The van der Waals surface area contributed by atoms with Crippen LogP contribution in [0.1, 0.15) is 24.5 Å². The Kier molecular flexibility index (Phi) is 4.53. The lowest BCUT2D eigenvalue weighted by Gasteiger charge is -2.56. The number of benzene rings is 1. The van der Waals surface area contributed by atoms with Crippen molar-refractivity contribution in [2.75, 3.05) is 25.1 Å². The molecule has 0 aromatic heterocycles. The van der Waals surface area contributed by atoms with Gasteiger partial charge in [-0.25, -0.2) is 0 Å². The minimum Gasteiger partial charge on any atom is -0.490 e. The van der Waals surface area contributed by atoms with Crippen molar-refractivity contribution in [2.45, 2.75) is 43.4 Å². The first-order valence-corrected chi connectivity index (χ1v) is 11.2. The number of aliphatic hydroxyl groups is 1. The predicted molar refractivity (Wildman–Crippen MR) is 107 cm³/mol. The molecule has 1 spiro atoms. The molecule has 0 amide bonds. The van der Waals surface area contributed by atoms with Gasteiger partial charge in [0.25, 0.3) is 0 Å². The Morgan fingerprint density at radius 2 is 2.16 bits per heavy atom. The van der Waals surface area contributed by atoms with Crippen molar-refractivity contribution in [1.82, 2.24) is 4.90 Å². The quantitative estimate of drug-likeness (QED) is 0.423. The van der Waals surface area contributed by atoms with Gasteiger partial charge in [-0.15, -0.1) is 0 Å². The van der Waals surface area contributed by atoms with Gasteiger partial charge in [-0.2, -0.15) is 0 Å². The van der Waals surface area contributed by atoms with E-state index in [1.165, 1.54) is 11.1 Å². The molecule has 5 rings (SSSR count). The smallest absolute Gasteiger partial charge is 0.165 e. The van der Waals surface area contributed by atoms with Crippen molar-refractivity contribution in [3.8, 4) is 11.5 Å². The Balaban J connectivity index is 0.000000758. The van der Waals surface area contributed by atoms with Gasteiger partial charge < -0.3 is 19.5 Å². The summed E-state index contributed by atoms with van der Waals surface area (Å²) >= 11 is 2.15. The van der Waals surface area contributed by atoms with Gasteiger partial charge in [0.2, 0.25) is 0 Å². The van der Waals surface area contributed by atoms with Gasteiger partial charge in [0.15, 0.2) is 11.5 Å². The molecule has 2 bridgehead atoms. The van der Waals surface area contributed by atoms with Crippen LogP contribution in [0.25, 0.3) is 0 Å². The van der Waals surface area contributed by atoms with Crippen LogP contribution in [-0.2, 0) is 11.8 Å². The van der Waals surface area contributed by atoms with Gasteiger partial charge in [0.05, 0.1) is 6.61 Å². The van der Waals surface area contributed by atoms with E-state index < -0.39 is 6.10 Å². The van der Waals surface area contributed by atoms with E-state index in [1.54, 1.807) is 0 Å². The zero-order chi connectivity index (χ0) is 17.8. The first-order chi connectivity index (χ1) is 12.2. The lowest BCUT2D eigenvalue weighted by molar-refractivity contribution is -0.0453. The molecule has 2 heterocycles. The molecule has 1 N–H and O–H groups in total. The fraction of sp³-hybridized carbons (Fsp3) is 0.600. The largest absolute Gasteiger partial charge is 0.490 e. The fourth-order valence-electron chi connectivity index (χ4n) is 5.50. The van der Waals surface area contributed by atoms with Gasteiger partial charge in [0, 0.05) is 22.9 Å². The average molecular weight is 455 g/mol. The number of halogens is 1. The maximum absolute atomic E-state index is 10.6. The summed E-state index contributed by atoms with van der Waals surface area (Å²) in [4.78, 5) is 4.45. The molecule has 4 nitrogen and oxygen atoms in total. The third-order valence-electron chi connectivity index (χ3n) is 6.43. The zero-order valence-electron chi connectivity index (χ0n) is 15.0. The predicted octanol–water partition coefficient (Wildman–Crippen LogP) is 2.94. The molecule has 1 fully saturated rings.